The predicted molar refractivity (Wildman–Crippen MR) is 246 cm³/mol. The van der Waals surface area contributed by atoms with E-state index in [4.69, 9.17) is 10.2 Å². The highest BCUT2D eigenvalue weighted by atomic mass is 28.3. The standard InChI is InChI=1S/C54H40N4Si/c1-7-19-41(20-8-1)51-39-53(43-23-11-3-12-24-43)57(55-51)45-31-35-49(36-32-45)59(47-27-15-5-16-28-47,48-29-17-6-18-30-48)50-37-33-46(34-38-50)58-54(44-25-13-4-14-26-44)40-52(56-58)42-21-9-2-10-22-42/h1-40H/q-1. The summed E-state index contributed by atoms with van der Waals surface area (Å²) in [6, 6.07) is 86.7. The Morgan fingerprint density at radius 2 is 0.542 bits per heavy atom. The van der Waals surface area contributed by atoms with Gasteiger partial charge in [0.1, 0.15) is 0 Å². The highest BCUT2D eigenvalue weighted by Crippen LogP contribution is 2.30. The monoisotopic (exact) mass is 772 g/mol. The van der Waals surface area contributed by atoms with Crippen molar-refractivity contribution >= 4 is 28.8 Å². The van der Waals surface area contributed by atoms with Crippen LogP contribution < -0.4 is 20.7 Å². The Hall–Kier alpha value is -7.60. The summed E-state index contributed by atoms with van der Waals surface area (Å²) in [4.78, 5) is 0. The summed E-state index contributed by atoms with van der Waals surface area (Å²) in [5.41, 5.74) is 10.4. The van der Waals surface area contributed by atoms with Crippen LogP contribution in [0.5, 0.6) is 0 Å². The number of benzene rings is 8. The molecule has 0 amide bonds. The smallest absolute Gasteiger partial charge is 0.0934 e. The molecular weight excluding hydrogens is 733 g/mol. The molecule has 8 aromatic carbocycles. The van der Waals surface area contributed by atoms with Gasteiger partial charge in [-0.2, -0.15) is 30.9 Å². The lowest BCUT2D eigenvalue weighted by Crippen LogP contribution is -2.74. The maximum Gasteiger partial charge on any atom is 0.0934 e. The van der Waals surface area contributed by atoms with Crippen LogP contribution >= 0.6 is 0 Å². The Morgan fingerprint density at radius 3 is 0.864 bits per heavy atom. The van der Waals surface area contributed by atoms with Crippen LogP contribution in [-0.2, 0) is 0 Å². The molecule has 0 radical (unpaired) electrons. The van der Waals surface area contributed by atoms with Crippen molar-refractivity contribution in [2.24, 2.45) is 0 Å². The molecule has 0 spiro atoms. The quantitative estimate of drug-likeness (QED) is 0.103. The van der Waals surface area contributed by atoms with Crippen molar-refractivity contribution < 1.29 is 0 Å². The van der Waals surface area contributed by atoms with Gasteiger partial charge >= 0.3 is 0 Å². The topological polar surface area (TPSA) is 35.6 Å². The third-order valence-corrected chi connectivity index (χ3v) is 16.0. The number of nitrogens with zero attached hydrogens (tertiary/aromatic N) is 4. The molecule has 2 aromatic heterocycles. The van der Waals surface area contributed by atoms with E-state index in [1.165, 1.54) is 20.7 Å². The average Bonchev–Trinajstić information content (AvgIpc) is 3.99. The lowest BCUT2D eigenvalue weighted by molar-refractivity contribution is 0.892. The fourth-order valence-electron chi connectivity index (χ4n) is 8.37. The average molecular weight is 773 g/mol. The number of rotatable bonds is 10. The molecule has 0 saturated heterocycles. The zero-order valence-electron chi connectivity index (χ0n) is 32.4. The number of hydrogen-bond acceptors (Lipinski definition) is 2. The van der Waals surface area contributed by atoms with E-state index < -0.39 is 8.07 Å². The second-order valence-corrected chi connectivity index (χ2v) is 18.5. The second kappa shape index (κ2) is 15.7. The predicted octanol–water partition coefficient (Wildman–Crippen LogP) is 10.1. The molecule has 5 heteroatoms. The maximum atomic E-state index is 5.20. The summed E-state index contributed by atoms with van der Waals surface area (Å²) in [7, 11) is -2.86. The summed E-state index contributed by atoms with van der Waals surface area (Å²) >= 11 is 0. The summed E-state index contributed by atoms with van der Waals surface area (Å²) in [5.74, 6) is 0. The Labute approximate surface area is 346 Å². The van der Waals surface area contributed by atoms with Crippen LogP contribution in [-0.4, -0.2) is 27.6 Å². The van der Waals surface area contributed by atoms with Crippen molar-refractivity contribution in [3.8, 4) is 56.4 Å². The Kier molecular flexibility index (Phi) is 9.55. The first-order valence-corrected chi connectivity index (χ1v) is 22.0. The fraction of sp³-hybridized carbons (Fsp3) is 0. The summed E-state index contributed by atoms with van der Waals surface area (Å²) in [6.45, 7) is 0. The van der Waals surface area contributed by atoms with Gasteiger partial charge in [-0.25, -0.2) is 9.36 Å². The molecule has 0 fully saturated rings. The van der Waals surface area contributed by atoms with E-state index in [-0.39, 0.29) is 0 Å². The highest BCUT2D eigenvalue weighted by Gasteiger charge is 2.28. The molecule has 59 heavy (non-hydrogen) atoms. The lowest BCUT2D eigenvalue weighted by atomic mass is 10.1. The molecule has 10 aromatic rings. The Bertz CT molecular complexity index is 2720. The largest absolute Gasteiger partial charge is 0.232 e. The van der Waals surface area contributed by atoms with Crippen LogP contribution in [0.1, 0.15) is 0 Å². The molecule has 0 aliphatic carbocycles. The van der Waals surface area contributed by atoms with Crippen molar-refractivity contribution in [2.75, 3.05) is 0 Å². The molecule has 2 heterocycles. The van der Waals surface area contributed by atoms with Crippen molar-refractivity contribution in [3.63, 3.8) is 0 Å². The van der Waals surface area contributed by atoms with Gasteiger partial charge in [0.15, 0.2) is 0 Å². The number of aromatic nitrogens is 4. The third-order valence-electron chi connectivity index (χ3n) is 11.2. The van der Waals surface area contributed by atoms with Gasteiger partial charge in [0.25, 0.3) is 0 Å². The lowest BCUT2D eigenvalue weighted by Gasteiger charge is -2.47. The van der Waals surface area contributed by atoms with E-state index in [0.29, 0.717) is 0 Å². The van der Waals surface area contributed by atoms with E-state index in [1.807, 2.05) is 12.1 Å². The van der Waals surface area contributed by atoms with Crippen molar-refractivity contribution in [2.45, 2.75) is 0 Å². The molecule has 0 atom stereocenters. The van der Waals surface area contributed by atoms with Crippen LogP contribution in [0.25, 0.3) is 56.4 Å². The first kappa shape index (κ1) is 35.8. The number of hydrogen-bond donors (Lipinski definition) is 0. The minimum absolute atomic E-state index is 0.939. The molecule has 0 aliphatic rings. The zero-order valence-corrected chi connectivity index (χ0v) is 33.4. The highest BCUT2D eigenvalue weighted by molar-refractivity contribution is 7.19. The first-order valence-electron chi connectivity index (χ1n) is 20.0. The van der Waals surface area contributed by atoms with E-state index in [1.54, 1.807) is 0 Å². The van der Waals surface area contributed by atoms with Crippen LogP contribution in [0.15, 0.2) is 243 Å². The van der Waals surface area contributed by atoms with Gasteiger partial charge in [0, 0.05) is 22.3 Å². The zero-order chi connectivity index (χ0) is 39.4. The van der Waals surface area contributed by atoms with Gasteiger partial charge in [0.2, 0.25) is 0 Å². The minimum atomic E-state index is -2.86. The first-order chi connectivity index (χ1) is 29.3. The second-order valence-electron chi connectivity index (χ2n) is 14.7. The summed E-state index contributed by atoms with van der Waals surface area (Å²) < 4.78 is 4.17. The van der Waals surface area contributed by atoms with E-state index in [9.17, 15) is 0 Å². The summed E-state index contributed by atoms with van der Waals surface area (Å²) in [6.07, 6.45) is 0. The van der Waals surface area contributed by atoms with E-state index in [0.717, 1.165) is 56.4 Å². The van der Waals surface area contributed by atoms with Crippen LogP contribution in [0, 0.1) is 0 Å². The van der Waals surface area contributed by atoms with Crippen LogP contribution in [0.4, 0.5) is 0 Å². The van der Waals surface area contributed by atoms with Gasteiger partial charge in [-0.1, -0.05) is 206 Å². The molecular formula is C54H40N4Si-. The molecule has 0 bridgehead atoms. The van der Waals surface area contributed by atoms with E-state index in [2.05, 4.69) is 240 Å². The van der Waals surface area contributed by atoms with Crippen LogP contribution in [0.3, 0.4) is 0 Å². The molecule has 10 rings (SSSR count). The van der Waals surface area contributed by atoms with Gasteiger partial charge in [-0.15, -0.1) is 0 Å². The maximum absolute atomic E-state index is 5.20. The van der Waals surface area contributed by atoms with Crippen molar-refractivity contribution in [1.29, 1.82) is 0 Å². The molecule has 0 N–H and O–H groups in total. The molecule has 0 unspecified atom stereocenters. The minimum Gasteiger partial charge on any atom is -0.232 e. The van der Waals surface area contributed by atoms with E-state index >= 15 is 0 Å². The Morgan fingerprint density at radius 1 is 0.271 bits per heavy atom. The normalized spacial score (nSPS) is 11.4. The van der Waals surface area contributed by atoms with Crippen molar-refractivity contribution in [3.05, 3.63) is 243 Å². The van der Waals surface area contributed by atoms with Crippen LogP contribution in [0.2, 0.25) is 0 Å². The van der Waals surface area contributed by atoms with Gasteiger partial charge in [-0.3, -0.25) is 0 Å². The fourth-order valence-corrected chi connectivity index (χ4v) is 13.1. The SMILES string of the molecule is c1ccc(-c2cc(-c3ccccc3)n(-c3ccc([Si-](c4ccccc4)(c4ccccc4)c4ccc(-n5nc(-c6ccccc6)cc5-c5ccccc5)cc4)cc3)n2)cc1. The molecule has 4 nitrogen and oxygen atoms in total. The summed E-state index contributed by atoms with van der Waals surface area (Å²) in [5, 5.41) is 15.6. The molecule has 0 saturated carbocycles. The third kappa shape index (κ3) is 6.73. The Balaban J connectivity index is 1.12. The molecule has 0 aliphatic heterocycles. The van der Waals surface area contributed by atoms with Crippen molar-refractivity contribution in [1.82, 2.24) is 19.6 Å². The van der Waals surface area contributed by atoms with Gasteiger partial charge in [-0.05, 0) is 44.5 Å². The van der Waals surface area contributed by atoms with Gasteiger partial charge in [0.05, 0.1) is 34.2 Å². The molecule has 281 valence electrons. The van der Waals surface area contributed by atoms with Gasteiger partial charge < -0.3 is 0 Å².